The van der Waals surface area contributed by atoms with Crippen molar-refractivity contribution >= 4 is 33.2 Å². The third-order valence-corrected chi connectivity index (χ3v) is 8.36. The van der Waals surface area contributed by atoms with Crippen molar-refractivity contribution in [3.8, 4) is 0 Å². The summed E-state index contributed by atoms with van der Waals surface area (Å²) in [5.74, 6) is 0.198. The van der Waals surface area contributed by atoms with E-state index in [0.717, 1.165) is 17.3 Å². The minimum absolute atomic E-state index is 0.0823. The third-order valence-electron chi connectivity index (χ3n) is 5.62. The molecule has 0 radical (unpaired) electrons. The molecule has 96 valence electrons. The molecule has 17 heavy (non-hydrogen) atoms. The van der Waals surface area contributed by atoms with Crippen LogP contribution in [0.4, 0.5) is 0 Å². The summed E-state index contributed by atoms with van der Waals surface area (Å²) in [6, 6.07) is 0. The number of rotatable bonds is 0. The van der Waals surface area contributed by atoms with E-state index in [1.807, 2.05) is 0 Å². The second kappa shape index (κ2) is 2.40. The average Bonchev–Trinajstić information content (AvgIpc) is 2.78. The average molecular weight is 298 g/mol. The van der Waals surface area contributed by atoms with Crippen LogP contribution in [0.2, 0.25) is 0 Å². The SMILES string of the molecule is CC1(C)[C@@H]2CCC13CS(=O)(=O)N1O[C@@]13C2(Cl)Cl. The number of nitrogens with zero attached hydrogens (tertiary/aromatic N) is 1. The van der Waals surface area contributed by atoms with Gasteiger partial charge in [-0.3, -0.25) is 4.84 Å². The van der Waals surface area contributed by atoms with Crippen LogP contribution >= 0.6 is 23.2 Å². The Bertz CT molecular complexity index is 538. The first kappa shape index (κ1) is 11.3. The molecule has 2 heterocycles. The maximum atomic E-state index is 12.1. The van der Waals surface area contributed by atoms with E-state index in [1.54, 1.807) is 0 Å². The highest BCUT2D eigenvalue weighted by Crippen LogP contribution is 2.85. The van der Waals surface area contributed by atoms with Crippen LogP contribution in [0.5, 0.6) is 0 Å². The van der Waals surface area contributed by atoms with E-state index in [9.17, 15) is 8.42 Å². The molecule has 2 saturated heterocycles. The summed E-state index contributed by atoms with van der Waals surface area (Å²) >= 11 is 13.0. The van der Waals surface area contributed by atoms with Gasteiger partial charge in [0.15, 0.2) is 4.33 Å². The van der Waals surface area contributed by atoms with Gasteiger partial charge in [-0.15, -0.1) is 0 Å². The summed E-state index contributed by atoms with van der Waals surface area (Å²) < 4.78 is 24.1. The number of fused-ring (bicyclic) bond motifs is 1. The van der Waals surface area contributed by atoms with Crippen molar-refractivity contribution in [3.63, 3.8) is 0 Å². The Morgan fingerprint density at radius 3 is 2.53 bits per heavy atom. The third kappa shape index (κ3) is 0.778. The van der Waals surface area contributed by atoms with E-state index in [-0.39, 0.29) is 17.1 Å². The van der Waals surface area contributed by atoms with E-state index in [4.69, 9.17) is 28.0 Å². The maximum Gasteiger partial charge on any atom is 0.239 e. The van der Waals surface area contributed by atoms with Gasteiger partial charge in [0.25, 0.3) is 0 Å². The second-order valence-electron chi connectivity index (χ2n) is 6.24. The minimum Gasteiger partial charge on any atom is -0.251 e. The largest absolute Gasteiger partial charge is 0.251 e. The number of hydrogen-bond donors (Lipinski definition) is 0. The van der Waals surface area contributed by atoms with Crippen LogP contribution in [-0.4, -0.2) is 28.7 Å². The molecule has 4 aliphatic rings. The van der Waals surface area contributed by atoms with Crippen molar-refractivity contribution in [2.45, 2.75) is 36.7 Å². The number of sulfonamides is 1. The topological polar surface area (TPSA) is 49.7 Å². The Hall–Kier alpha value is 0.450. The van der Waals surface area contributed by atoms with Gasteiger partial charge in [0.05, 0.1) is 5.75 Å². The molecule has 4 rings (SSSR count). The molecule has 0 aromatic heterocycles. The molecule has 2 bridgehead atoms. The van der Waals surface area contributed by atoms with Crippen LogP contribution in [0.1, 0.15) is 26.7 Å². The molecule has 0 aromatic carbocycles. The maximum absolute atomic E-state index is 12.1. The van der Waals surface area contributed by atoms with Crippen molar-refractivity contribution in [2.24, 2.45) is 16.7 Å². The summed E-state index contributed by atoms with van der Waals surface area (Å²) in [6.07, 6.45) is 1.69. The zero-order valence-corrected chi connectivity index (χ0v) is 11.9. The molecular formula is C10H13Cl2NO3S. The Morgan fingerprint density at radius 2 is 2.00 bits per heavy atom. The molecule has 2 aliphatic heterocycles. The normalized spacial score (nSPS) is 58.8. The van der Waals surface area contributed by atoms with Crippen molar-refractivity contribution < 1.29 is 13.3 Å². The first-order valence-electron chi connectivity index (χ1n) is 5.74. The van der Waals surface area contributed by atoms with Crippen molar-refractivity contribution in [3.05, 3.63) is 0 Å². The predicted octanol–water partition coefficient (Wildman–Crippen LogP) is 1.88. The summed E-state index contributed by atoms with van der Waals surface area (Å²) in [7, 11) is -3.36. The summed E-state index contributed by atoms with van der Waals surface area (Å²) in [4.78, 5) is 5.44. The summed E-state index contributed by atoms with van der Waals surface area (Å²) in [6.45, 7) is 4.14. The van der Waals surface area contributed by atoms with E-state index < -0.39 is 25.5 Å². The minimum atomic E-state index is -3.36. The molecule has 4 atom stereocenters. The molecule has 4 nitrogen and oxygen atoms in total. The molecule has 2 saturated carbocycles. The fourth-order valence-electron chi connectivity index (χ4n) is 4.73. The molecule has 2 aliphatic carbocycles. The van der Waals surface area contributed by atoms with E-state index in [2.05, 4.69) is 13.8 Å². The predicted molar refractivity (Wildman–Crippen MR) is 62.8 cm³/mol. The summed E-state index contributed by atoms with van der Waals surface area (Å²) in [5.41, 5.74) is -1.66. The zero-order chi connectivity index (χ0) is 12.5. The first-order chi connectivity index (χ1) is 7.64. The van der Waals surface area contributed by atoms with Gasteiger partial charge in [-0.25, -0.2) is 8.42 Å². The monoisotopic (exact) mass is 297 g/mol. The van der Waals surface area contributed by atoms with E-state index in [1.165, 1.54) is 0 Å². The number of hydrogen-bond acceptors (Lipinski definition) is 3. The lowest BCUT2D eigenvalue weighted by Crippen LogP contribution is -2.48. The fourth-order valence-corrected chi connectivity index (χ4v) is 8.56. The zero-order valence-electron chi connectivity index (χ0n) is 9.53. The lowest BCUT2D eigenvalue weighted by molar-refractivity contribution is 0.0704. The van der Waals surface area contributed by atoms with Gasteiger partial charge >= 0.3 is 0 Å². The van der Waals surface area contributed by atoms with Crippen LogP contribution in [-0.2, 0) is 14.9 Å². The Labute approximate surface area is 110 Å². The molecule has 4 fully saturated rings. The Morgan fingerprint density at radius 1 is 1.35 bits per heavy atom. The van der Waals surface area contributed by atoms with Gasteiger partial charge < -0.3 is 0 Å². The highest BCUT2D eigenvalue weighted by molar-refractivity contribution is 7.89. The van der Waals surface area contributed by atoms with Gasteiger partial charge in [-0.2, -0.15) is 0 Å². The smallest absolute Gasteiger partial charge is 0.239 e. The molecule has 0 N–H and O–H groups in total. The van der Waals surface area contributed by atoms with Gasteiger partial charge in [0, 0.05) is 11.3 Å². The van der Waals surface area contributed by atoms with Crippen molar-refractivity contribution in [1.82, 2.24) is 4.47 Å². The van der Waals surface area contributed by atoms with E-state index >= 15 is 0 Å². The summed E-state index contributed by atoms with van der Waals surface area (Å²) in [5, 5.41) is 0. The van der Waals surface area contributed by atoms with Gasteiger partial charge in [-0.05, 0) is 22.7 Å². The van der Waals surface area contributed by atoms with Crippen LogP contribution in [0.3, 0.4) is 0 Å². The highest BCUT2D eigenvalue weighted by atomic mass is 35.5. The molecule has 0 aromatic rings. The quantitative estimate of drug-likeness (QED) is 0.507. The van der Waals surface area contributed by atoms with Gasteiger partial charge in [0.2, 0.25) is 15.7 Å². The molecule has 2 spiro atoms. The number of halogens is 2. The molecule has 7 heteroatoms. The number of hydroxylamine groups is 1. The Kier molecular flexibility index (Phi) is 1.59. The Balaban J connectivity index is 2.05. The standard InChI is InChI=1S/C10H13Cl2NO3S/c1-7(2)6-3-4-8(7)5-17(14,15)13-10(8,16-13)9(6,11)12/h6H,3-5H2,1-2H3/t6-,8?,10-,13?/m0/s1. The van der Waals surface area contributed by atoms with Crippen LogP contribution in [0, 0.1) is 16.7 Å². The molecular weight excluding hydrogens is 285 g/mol. The van der Waals surface area contributed by atoms with E-state index in [0.29, 0.717) is 0 Å². The number of alkyl halides is 2. The lowest BCUT2D eigenvalue weighted by atomic mass is 9.68. The molecule has 0 amide bonds. The van der Waals surface area contributed by atoms with Crippen molar-refractivity contribution in [1.29, 1.82) is 0 Å². The molecule has 2 unspecified atom stereocenters. The first-order valence-corrected chi connectivity index (χ1v) is 8.10. The van der Waals surface area contributed by atoms with Crippen LogP contribution < -0.4 is 0 Å². The fraction of sp³-hybridized carbons (Fsp3) is 1.00. The van der Waals surface area contributed by atoms with Crippen LogP contribution in [0.15, 0.2) is 0 Å². The second-order valence-corrected chi connectivity index (χ2v) is 9.41. The van der Waals surface area contributed by atoms with Crippen LogP contribution in [0.25, 0.3) is 0 Å². The lowest BCUT2D eigenvalue weighted by Gasteiger charge is -2.36. The van der Waals surface area contributed by atoms with Crippen molar-refractivity contribution in [2.75, 3.05) is 5.75 Å². The highest BCUT2D eigenvalue weighted by Gasteiger charge is 2.97. The van der Waals surface area contributed by atoms with Gasteiger partial charge in [0.1, 0.15) is 0 Å². The van der Waals surface area contributed by atoms with Gasteiger partial charge in [-0.1, -0.05) is 37.0 Å².